The van der Waals surface area contributed by atoms with Gasteiger partial charge in [0.05, 0.1) is 0 Å². The van der Waals surface area contributed by atoms with E-state index in [9.17, 15) is 4.21 Å². The predicted octanol–water partition coefficient (Wildman–Crippen LogP) is 1.36. The van der Waals surface area contributed by atoms with E-state index in [0.717, 1.165) is 5.82 Å². The van der Waals surface area contributed by atoms with Crippen LogP contribution in [0.4, 0.5) is 11.6 Å². The largest absolute Gasteiger partial charge is 0.384 e. The minimum atomic E-state index is -0.826. The Morgan fingerprint density at radius 3 is 2.59 bits per heavy atom. The fourth-order valence-electron chi connectivity index (χ4n) is 1.46. The third kappa shape index (κ3) is 4.68. The summed E-state index contributed by atoms with van der Waals surface area (Å²) in [6.07, 6.45) is 1.69. The molecule has 17 heavy (non-hydrogen) atoms. The zero-order chi connectivity index (χ0) is 13.0. The molecule has 1 aromatic rings. The van der Waals surface area contributed by atoms with Crippen LogP contribution in [0, 0.1) is 0 Å². The molecule has 0 amide bonds. The van der Waals surface area contributed by atoms with Crippen molar-refractivity contribution in [1.82, 2.24) is 9.97 Å². The van der Waals surface area contributed by atoms with E-state index in [1.807, 2.05) is 20.8 Å². The molecule has 0 radical (unpaired) electrons. The van der Waals surface area contributed by atoms with Crippen molar-refractivity contribution in [2.24, 2.45) is 0 Å². The fourth-order valence-corrected chi connectivity index (χ4v) is 2.25. The molecule has 0 aliphatic rings. The van der Waals surface area contributed by atoms with Gasteiger partial charge in [-0.2, -0.15) is 0 Å². The summed E-state index contributed by atoms with van der Waals surface area (Å²) in [5.74, 6) is 2.68. The monoisotopic (exact) mass is 256 g/mol. The number of nitrogens with one attached hydrogen (secondary N) is 1. The van der Waals surface area contributed by atoms with E-state index in [4.69, 9.17) is 5.73 Å². The molecule has 5 nitrogen and oxygen atoms in total. The second kappa shape index (κ2) is 5.95. The van der Waals surface area contributed by atoms with Gasteiger partial charge in [-0.3, -0.25) is 4.21 Å². The molecule has 1 heterocycles. The number of hydrogen-bond donors (Lipinski definition) is 2. The van der Waals surface area contributed by atoms with Gasteiger partial charge in [0.15, 0.2) is 0 Å². The molecule has 0 saturated carbocycles. The zero-order valence-electron chi connectivity index (χ0n) is 10.7. The number of nitrogen functional groups attached to an aromatic ring is 1. The van der Waals surface area contributed by atoms with Crippen molar-refractivity contribution in [3.8, 4) is 0 Å². The zero-order valence-corrected chi connectivity index (χ0v) is 11.5. The van der Waals surface area contributed by atoms with Crippen LogP contribution in [0.2, 0.25) is 0 Å². The maximum atomic E-state index is 11.1. The number of anilines is 2. The number of aromatic nitrogens is 2. The predicted molar refractivity (Wildman–Crippen MR) is 72.6 cm³/mol. The summed E-state index contributed by atoms with van der Waals surface area (Å²) in [5, 5.41) is 3.19. The maximum Gasteiger partial charge on any atom is 0.135 e. The molecule has 0 aliphatic heterocycles. The third-order valence-electron chi connectivity index (χ3n) is 2.16. The highest BCUT2D eigenvalue weighted by atomic mass is 32.2. The van der Waals surface area contributed by atoms with Crippen molar-refractivity contribution in [1.29, 1.82) is 0 Å². The number of rotatable bonds is 5. The Kier molecular flexibility index (Phi) is 4.86. The molecule has 96 valence electrons. The van der Waals surface area contributed by atoms with Gasteiger partial charge >= 0.3 is 0 Å². The number of hydrogen-bond acceptors (Lipinski definition) is 5. The molecule has 1 rings (SSSR count). The Hall–Kier alpha value is -1.17. The molecule has 0 fully saturated rings. The van der Waals surface area contributed by atoms with E-state index in [0.29, 0.717) is 17.4 Å². The van der Waals surface area contributed by atoms with E-state index < -0.39 is 10.8 Å². The van der Waals surface area contributed by atoms with Crippen LogP contribution in [-0.4, -0.2) is 32.2 Å². The molecule has 0 bridgehead atoms. The first-order valence-corrected chi connectivity index (χ1v) is 7.32. The van der Waals surface area contributed by atoms with Gasteiger partial charge in [-0.05, 0) is 6.92 Å². The van der Waals surface area contributed by atoms with Crippen LogP contribution >= 0.6 is 0 Å². The van der Waals surface area contributed by atoms with E-state index in [1.54, 1.807) is 12.3 Å². The Labute approximate surface area is 105 Å². The van der Waals surface area contributed by atoms with Gasteiger partial charge < -0.3 is 11.1 Å². The summed E-state index contributed by atoms with van der Waals surface area (Å²) in [6.45, 7) is 6.00. The highest BCUT2D eigenvalue weighted by Crippen LogP contribution is 2.15. The first-order chi connectivity index (χ1) is 7.88. The molecule has 6 heteroatoms. The molecule has 2 atom stereocenters. The summed E-state index contributed by atoms with van der Waals surface area (Å²) in [6, 6.07) is 1.79. The molecule has 3 N–H and O–H groups in total. The average Bonchev–Trinajstić information content (AvgIpc) is 2.14. The van der Waals surface area contributed by atoms with Gasteiger partial charge in [0.1, 0.15) is 17.5 Å². The molecular formula is C11H20N4OS. The first kappa shape index (κ1) is 13.9. The summed E-state index contributed by atoms with van der Waals surface area (Å²) in [5.41, 5.74) is 5.72. The minimum absolute atomic E-state index is 0.0927. The molecular weight excluding hydrogens is 236 g/mol. The Morgan fingerprint density at radius 1 is 1.41 bits per heavy atom. The van der Waals surface area contributed by atoms with Gasteiger partial charge in [0.25, 0.3) is 0 Å². The standard InChI is InChI=1S/C11H20N4OS/c1-7(2)11-14-9(12)5-10(15-11)13-8(3)6-17(4)16/h5,7-8H,6H2,1-4H3,(H3,12,13,14,15). The molecule has 1 aromatic heterocycles. The number of nitrogens with two attached hydrogens (primary N) is 1. The molecule has 0 saturated heterocycles. The molecule has 0 aliphatic carbocycles. The maximum absolute atomic E-state index is 11.1. The van der Waals surface area contributed by atoms with Crippen LogP contribution in [0.3, 0.4) is 0 Å². The lowest BCUT2D eigenvalue weighted by Gasteiger charge is -2.14. The SMILES string of the molecule is CC(CS(C)=O)Nc1cc(N)nc(C(C)C)n1. The summed E-state index contributed by atoms with van der Waals surface area (Å²) >= 11 is 0. The van der Waals surface area contributed by atoms with Crippen LogP contribution in [0.5, 0.6) is 0 Å². The third-order valence-corrected chi connectivity index (χ3v) is 3.13. The topological polar surface area (TPSA) is 80.9 Å². The van der Waals surface area contributed by atoms with Gasteiger partial charge in [-0.25, -0.2) is 9.97 Å². The van der Waals surface area contributed by atoms with Crippen LogP contribution in [0.15, 0.2) is 6.07 Å². The summed E-state index contributed by atoms with van der Waals surface area (Å²) < 4.78 is 11.1. The Bertz CT molecular complexity index is 408. The minimum Gasteiger partial charge on any atom is -0.384 e. The van der Waals surface area contributed by atoms with Crippen molar-refractivity contribution in [2.75, 3.05) is 23.1 Å². The smallest absolute Gasteiger partial charge is 0.135 e. The van der Waals surface area contributed by atoms with Crippen molar-refractivity contribution in [3.63, 3.8) is 0 Å². The summed E-state index contributed by atoms with van der Waals surface area (Å²) in [7, 11) is -0.826. The first-order valence-electron chi connectivity index (χ1n) is 5.59. The van der Waals surface area contributed by atoms with E-state index in [2.05, 4.69) is 15.3 Å². The second-order valence-electron chi connectivity index (χ2n) is 4.48. The van der Waals surface area contributed by atoms with Gasteiger partial charge in [0.2, 0.25) is 0 Å². The quantitative estimate of drug-likeness (QED) is 0.831. The molecule has 2 unspecified atom stereocenters. The van der Waals surface area contributed by atoms with E-state index in [-0.39, 0.29) is 12.0 Å². The van der Waals surface area contributed by atoms with Crippen molar-refractivity contribution >= 4 is 22.4 Å². The lowest BCUT2D eigenvalue weighted by molar-refractivity contribution is 0.682. The van der Waals surface area contributed by atoms with Crippen LogP contribution in [-0.2, 0) is 10.8 Å². The van der Waals surface area contributed by atoms with Crippen LogP contribution in [0.25, 0.3) is 0 Å². The van der Waals surface area contributed by atoms with Gasteiger partial charge in [0, 0.05) is 40.8 Å². The van der Waals surface area contributed by atoms with Gasteiger partial charge in [-0.1, -0.05) is 13.8 Å². The molecule has 0 aromatic carbocycles. The fraction of sp³-hybridized carbons (Fsp3) is 0.636. The lowest BCUT2D eigenvalue weighted by Crippen LogP contribution is -2.23. The Morgan fingerprint density at radius 2 is 2.06 bits per heavy atom. The summed E-state index contributed by atoms with van der Waals surface area (Å²) in [4.78, 5) is 8.55. The average molecular weight is 256 g/mol. The van der Waals surface area contributed by atoms with Crippen LogP contribution in [0.1, 0.15) is 32.5 Å². The van der Waals surface area contributed by atoms with Crippen molar-refractivity contribution in [2.45, 2.75) is 32.7 Å². The van der Waals surface area contributed by atoms with Crippen molar-refractivity contribution < 1.29 is 4.21 Å². The van der Waals surface area contributed by atoms with E-state index in [1.165, 1.54) is 0 Å². The second-order valence-corrected chi connectivity index (χ2v) is 5.96. The lowest BCUT2D eigenvalue weighted by atomic mass is 10.2. The van der Waals surface area contributed by atoms with Gasteiger partial charge in [-0.15, -0.1) is 0 Å². The molecule has 0 spiro atoms. The van der Waals surface area contributed by atoms with Crippen molar-refractivity contribution in [3.05, 3.63) is 11.9 Å². The van der Waals surface area contributed by atoms with Crippen LogP contribution < -0.4 is 11.1 Å². The highest BCUT2D eigenvalue weighted by Gasteiger charge is 2.09. The Balaban J connectivity index is 2.80. The van der Waals surface area contributed by atoms with E-state index >= 15 is 0 Å². The number of nitrogens with zero attached hydrogens (tertiary/aromatic N) is 2. The highest BCUT2D eigenvalue weighted by molar-refractivity contribution is 7.84. The normalized spacial score (nSPS) is 14.6.